The molecule has 3 aromatic rings. The van der Waals surface area contributed by atoms with Gasteiger partial charge in [0.25, 0.3) is 0 Å². The van der Waals surface area contributed by atoms with Gasteiger partial charge in [-0.1, -0.05) is 6.92 Å². The van der Waals surface area contributed by atoms with E-state index < -0.39 is 0 Å². The van der Waals surface area contributed by atoms with Crippen LogP contribution >= 0.6 is 11.8 Å². The van der Waals surface area contributed by atoms with Gasteiger partial charge >= 0.3 is 0 Å². The third kappa shape index (κ3) is 5.46. The van der Waals surface area contributed by atoms with Crippen LogP contribution in [0.25, 0.3) is 11.3 Å². The van der Waals surface area contributed by atoms with Crippen LogP contribution in [0.5, 0.6) is 17.4 Å². The Hall–Kier alpha value is -3.04. The highest BCUT2D eigenvalue weighted by molar-refractivity contribution is 7.98. The summed E-state index contributed by atoms with van der Waals surface area (Å²) in [6, 6.07) is 10.0. The maximum absolute atomic E-state index is 6.09. The molecule has 0 saturated heterocycles. The van der Waals surface area contributed by atoms with Gasteiger partial charge in [0.2, 0.25) is 11.8 Å². The molecule has 1 aliphatic carbocycles. The van der Waals surface area contributed by atoms with E-state index in [1.807, 2.05) is 43.5 Å². The highest BCUT2D eigenvalue weighted by atomic mass is 32.2. The molecule has 8 nitrogen and oxygen atoms in total. The average Bonchev–Trinajstić information content (AvgIpc) is 3.25. The zero-order valence-electron chi connectivity index (χ0n) is 20.4. The largest absolute Gasteiger partial charge is 0.488 e. The first-order valence-corrected chi connectivity index (χ1v) is 12.9. The predicted molar refractivity (Wildman–Crippen MR) is 136 cm³/mol. The molecule has 0 spiro atoms. The fraction of sp³-hybridized carbons (Fsp3) is 0.423. The van der Waals surface area contributed by atoms with Crippen molar-refractivity contribution in [3.8, 4) is 28.6 Å². The topological polar surface area (TPSA) is 90.8 Å². The lowest BCUT2D eigenvalue weighted by atomic mass is 10.0. The van der Waals surface area contributed by atoms with Crippen molar-refractivity contribution in [3.63, 3.8) is 0 Å². The minimum Gasteiger partial charge on any atom is -0.488 e. The van der Waals surface area contributed by atoms with E-state index in [0.717, 1.165) is 22.0 Å². The number of rotatable bonds is 10. The number of benzene rings is 1. The molecule has 0 bridgehead atoms. The smallest absolute Gasteiger partial charge is 0.237 e. The van der Waals surface area contributed by atoms with Gasteiger partial charge in [-0.3, -0.25) is 0 Å². The summed E-state index contributed by atoms with van der Waals surface area (Å²) >= 11 is 1.53. The summed E-state index contributed by atoms with van der Waals surface area (Å²) in [7, 11) is 1.66. The Bertz CT molecular complexity index is 1210. The molecule has 3 heterocycles. The Balaban J connectivity index is 1.41. The maximum Gasteiger partial charge on any atom is 0.237 e. The summed E-state index contributed by atoms with van der Waals surface area (Å²) in [6.45, 7) is 5.37. The van der Waals surface area contributed by atoms with Gasteiger partial charge in [0, 0.05) is 24.4 Å². The first-order valence-electron chi connectivity index (χ1n) is 11.7. The van der Waals surface area contributed by atoms with Crippen LogP contribution in [0.1, 0.15) is 32.4 Å². The number of thioether (sulfide) groups is 1. The molecule has 2 aromatic heterocycles. The molecule has 5 rings (SSSR count). The first-order chi connectivity index (χ1) is 17.0. The van der Waals surface area contributed by atoms with Gasteiger partial charge in [-0.15, -0.1) is 11.8 Å². The number of nitrogens with zero attached hydrogens (tertiary/aromatic N) is 3. The van der Waals surface area contributed by atoms with Crippen LogP contribution in [0, 0.1) is 5.41 Å². The third-order valence-electron chi connectivity index (χ3n) is 6.38. The van der Waals surface area contributed by atoms with Crippen molar-refractivity contribution < 1.29 is 18.9 Å². The number of hydrogen-bond donors (Lipinski definition) is 1. The second kappa shape index (κ2) is 9.91. The maximum atomic E-state index is 6.09. The second-order valence-corrected chi connectivity index (χ2v) is 10.1. The molecule has 184 valence electrons. The van der Waals surface area contributed by atoms with Crippen LogP contribution in [-0.4, -0.2) is 59.6 Å². The number of aromatic nitrogens is 3. The van der Waals surface area contributed by atoms with Crippen LogP contribution in [0.2, 0.25) is 0 Å². The summed E-state index contributed by atoms with van der Waals surface area (Å²) in [5, 5.41) is 0.831. The van der Waals surface area contributed by atoms with Gasteiger partial charge in [0.1, 0.15) is 34.9 Å². The van der Waals surface area contributed by atoms with Crippen molar-refractivity contribution in [1.29, 1.82) is 0 Å². The van der Waals surface area contributed by atoms with E-state index in [1.165, 1.54) is 24.6 Å². The molecule has 1 aromatic carbocycles. The highest BCUT2D eigenvalue weighted by Gasteiger charge is 2.47. The SMILES string of the molecule is COC[C@H](C)Oc1cc(Oc2cnc(SC)cn2)cc(-c2ccc(C3=N[C@H](C4(C)CC4)CO3)[nH]2)c1. The number of aromatic amines is 1. The van der Waals surface area contributed by atoms with E-state index in [2.05, 4.69) is 21.9 Å². The number of nitrogens with one attached hydrogen (secondary N) is 1. The van der Waals surface area contributed by atoms with Gasteiger partial charge in [-0.25, -0.2) is 15.0 Å². The Morgan fingerprint density at radius 1 is 1.14 bits per heavy atom. The van der Waals surface area contributed by atoms with E-state index in [9.17, 15) is 0 Å². The summed E-state index contributed by atoms with van der Waals surface area (Å²) in [6.07, 6.45) is 7.58. The monoisotopic (exact) mass is 494 g/mol. The van der Waals surface area contributed by atoms with Crippen molar-refractivity contribution in [2.24, 2.45) is 10.4 Å². The molecule has 1 aliphatic heterocycles. The van der Waals surface area contributed by atoms with E-state index in [4.69, 9.17) is 23.9 Å². The fourth-order valence-corrected chi connectivity index (χ4v) is 4.35. The molecule has 9 heteroatoms. The van der Waals surface area contributed by atoms with Crippen molar-refractivity contribution >= 4 is 17.7 Å². The number of methoxy groups -OCH3 is 1. The third-order valence-corrected chi connectivity index (χ3v) is 7.01. The van der Waals surface area contributed by atoms with Gasteiger partial charge in [0.05, 0.1) is 25.0 Å². The summed E-state index contributed by atoms with van der Waals surface area (Å²) in [5.41, 5.74) is 2.98. The molecule has 1 saturated carbocycles. The van der Waals surface area contributed by atoms with Crippen molar-refractivity contribution in [3.05, 3.63) is 48.4 Å². The molecule has 2 aliphatic rings. The van der Waals surface area contributed by atoms with Crippen LogP contribution in [0.4, 0.5) is 0 Å². The van der Waals surface area contributed by atoms with Crippen molar-refractivity contribution in [1.82, 2.24) is 15.0 Å². The molecule has 0 amide bonds. The molecular formula is C26H30N4O4S. The standard InChI is InChI=1S/C26H30N4O4S/c1-16(14-31-3)33-18-9-17(10-19(11-18)34-23-12-28-24(35-4)13-27-23)20-5-6-21(29-20)25-30-22(15-32-25)26(2)7-8-26/h5-6,9-13,16,22,29H,7-8,14-15H2,1-4H3/t16-,22-/m0/s1. The molecule has 35 heavy (non-hydrogen) atoms. The average molecular weight is 495 g/mol. The van der Waals surface area contributed by atoms with E-state index >= 15 is 0 Å². The quantitative estimate of drug-likeness (QED) is 0.380. The summed E-state index contributed by atoms with van der Waals surface area (Å²) < 4.78 is 23.3. The van der Waals surface area contributed by atoms with E-state index in [1.54, 1.807) is 19.5 Å². The molecule has 0 radical (unpaired) electrons. The van der Waals surface area contributed by atoms with E-state index in [-0.39, 0.29) is 12.1 Å². The number of ether oxygens (including phenoxy) is 4. The lowest BCUT2D eigenvalue weighted by Crippen LogP contribution is -2.17. The molecular weight excluding hydrogens is 464 g/mol. The number of aliphatic imine (C=N–C) groups is 1. The van der Waals surface area contributed by atoms with Crippen molar-refractivity contribution in [2.45, 2.75) is 43.9 Å². The molecule has 2 atom stereocenters. The minimum absolute atomic E-state index is 0.120. The lowest BCUT2D eigenvalue weighted by molar-refractivity contribution is 0.0920. The number of hydrogen-bond acceptors (Lipinski definition) is 8. The molecule has 0 unspecified atom stereocenters. The molecule has 1 fully saturated rings. The molecule has 1 N–H and O–H groups in total. The lowest BCUT2D eigenvalue weighted by Gasteiger charge is -2.16. The Morgan fingerprint density at radius 3 is 2.66 bits per heavy atom. The predicted octanol–water partition coefficient (Wildman–Crippen LogP) is 5.35. The summed E-state index contributed by atoms with van der Waals surface area (Å²) in [5.74, 6) is 2.36. The van der Waals surface area contributed by atoms with Crippen LogP contribution in [0.3, 0.4) is 0 Å². The zero-order chi connectivity index (χ0) is 24.4. The first kappa shape index (κ1) is 23.7. The Labute approximate surface area is 209 Å². The second-order valence-electron chi connectivity index (χ2n) is 9.28. The fourth-order valence-electron chi connectivity index (χ4n) is 4.04. The van der Waals surface area contributed by atoms with Gasteiger partial charge in [-0.2, -0.15) is 0 Å². The van der Waals surface area contributed by atoms with Gasteiger partial charge < -0.3 is 23.9 Å². The van der Waals surface area contributed by atoms with Gasteiger partial charge in [0.15, 0.2) is 0 Å². The summed E-state index contributed by atoms with van der Waals surface area (Å²) in [4.78, 5) is 17.0. The zero-order valence-corrected chi connectivity index (χ0v) is 21.2. The number of H-pyrrole nitrogens is 1. The van der Waals surface area contributed by atoms with E-state index in [0.29, 0.717) is 41.9 Å². The van der Waals surface area contributed by atoms with Gasteiger partial charge in [-0.05, 0) is 55.7 Å². The van der Waals surface area contributed by atoms with Crippen LogP contribution in [-0.2, 0) is 9.47 Å². The van der Waals surface area contributed by atoms with Crippen LogP contribution in [0.15, 0.2) is 52.7 Å². The van der Waals surface area contributed by atoms with Crippen molar-refractivity contribution in [2.75, 3.05) is 26.6 Å². The normalized spacial score (nSPS) is 19.1. The Morgan fingerprint density at radius 2 is 1.94 bits per heavy atom. The minimum atomic E-state index is -0.120. The Kier molecular flexibility index (Phi) is 6.71. The highest BCUT2D eigenvalue weighted by Crippen LogP contribution is 2.50. The van der Waals surface area contributed by atoms with Crippen LogP contribution < -0.4 is 9.47 Å².